The fourth-order valence-electron chi connectivity index (χ4n) is 5.05. The van der Waals surface area contributed by atoms with E-state index >= 15 is 0 Å². The first kappa shape index (κ1) is 22.5. The Balaban J connectivity index is 1.84. The summed E-state index contributed by atoms with van der Waals surface area (Å²) in [7, 11) is 0. The molecule has 0 aliphatic carbocycles. The molecule has 2 heteroatoms. The van der Waals surface area contributed by atoms with Crippen molar-refractivity contribution in [1.29, 1.82) is 0 Å². The van der Waals surface area contributed by atoms with E-state index in [0.29, 0.717) is 0 Å². The Morgan fingerprint density at radius 1 is 0.429 bits per heavy atom. The minimum atomic E-state index is -0.534. The van der Waals surface area contributed by atoms with Gasteiger partial charge in [0.1, 0.15) is 0 Å². The Kier molecular flexibility index (Phi) is 5.88. The molecule has 4 N–H and O–H groups in total. The highest BCUT2D eigenvalue weighted by Gasteiger charge is 2.38. The summed E-state index contributed by atoms with van der Waals surface area (Å²) in [6.07, 6.45) is 0. The van der Waals surface area contributed by atoms with E-state index < -0.39 is 5.41 Å². The van der Waals surface area contributed by atoms with Gasteiger partial charge in [0.15, 0.2) is 0 Å². The van der Waals surface area contributed by atoms with Crippen molar-refractivity contribution < 1.29 is 0 Å². The summed E-state index contributed by atoms with van der Waals surface area (Å²) >= 11 is 0. The molecule has 0 saturated carbocycles. The summed E-state index contributed by atoms with van der Waals surface area (Å²) < 4.78 is 0. The molecule has 0 unspecified atom stereocenters. The average Bonchev–Trinajstić information content (AvgIpc) is 2.90. The zero-order valence-electron chi connectivity index (χ0n) is 20.2. The third-order valence-electron chi connectivity index (χ3n) is 7.04. The second-order valence-electron chi connectivity index (χ2n) is 9.20. The smallest absolute Gasteiger partial charge is 0.0701 e. The van der Waals surface area contributed by atoms with E-state index in [4.69, 9.17) is 11.5 Å². The van der Waals surface area contributed by atoms with Crippen LogP contribution in [0.25, 0.3) is 11.1 Å². The van der Waals surface area contributed by atoms with E-state index in [1.54, 1.807) is 0 Å². The summed E-state index contributed by atoms with van der Waals surface area (Å²) in [4.78, 5) is 0. The topological polar surface area (TPSA) is 52.0 Å². The summed E-state index contributed by atoms with van der Waals surface area (Å²) in [5.74, 6) is 0. The van der Waals surface area contributed by atoms with Crippen molar-refractivity contribution in [2.45, 2.75) is 19.3 Å². The molecule has 35 heavy (non-hydrogen) atoms. The zero-order valence-corrected chi connectivity index (χ0v) is 20.2. The van der Waals surface area contributed by atoms with Crippen molar-refractivity contribution in [1.82, 2.24) is 0 Å². The van der Waals surface area contributed by atoms with Crippen LogP contribution in [0.3, 0.4) is 0 Å². The second-order valence-corrected chi connectivity index (χ2v) is 9.20. The monoisotopic (exact) mass is 454 g/mol. The van der Waals surface area contributed by atoms with Gasteiger partial charge in [-0.25, -0.2) is 0 Å². The van der Waals surface area contributed by atoms with Crippen LogP contribution in [0.15, 0.2) is 121 Å². The van der Waals surface area contributed by atoms with Gasteiger partial charge >= 0.3 is 0 Å². The number of hydrogen-bond acceptors (Lipinski definition) is 2. The molecule has 0 heterocycles. The van der Waals surface area contributed by atoms with Gasteiger partial charge in [0.25, 0.3) is 0 Å². The van der Waals surface area contributed by atoms with Crippen molar-refractivity contribution in [2.24, 2.45) is 0 Å². The van der Waals surface area contributed by atoms with Crippen molar-refractivity contribution in [3.63, 3.8) is 0 Å². The lowest BCUT2D eigenvalue weighted by Gasteiger charge is -2.37. The molecule has 5 aromatic carbocycles. The molecule has 0 atom stereocenters. The molecule has 5 rings (SSSR count). The maximum Gasteiger partial charge on any atom is 0.0701 e. The van der Waals surface area contributed by atoms with Gasteiger partial charge in [-0.15, -0.1) is 0 Å². The molecule has 5 aromatic rings. The van der Waals surface area contributed by atoms with Gasteiger partial charge in [-0.3, -0.25) is 0 Å². The van der Waals surface area contributed by atoms with Crippen LogP contribution in [0.1, 0.15) is 33.4 Å². The lowest BCUT2D eigenvalue weighted by atomic mass is 9.64. The second kappa shape index (κ2) is 9.15. The van der Waals surface area contributed by atoms with Crippen LogP contribution >= 0.6 is 0 Å². The third-order valence-corrected chi connectivity index (χ3v) is 7.04. The van der Waals surface area contributed by atoms with Crippen molar-refractivity contribution in [3.05, 3.63) is 155 Å². The number of nitrogen functional groups attached to an aromatic ring is 2. The van der Waals surface area contributed by atoms with Crippen LogP contribution < -0.4 is 11.5 Å². The van der Waals surface area contributed by atoms with E-state index in [1.165, 1.54) is 33.4 Å². The molecule has 0 aliphatic heterocycles. The van der Waals surface area contributed by atoms with Crippen LogP contribution in [0.5, 0.6) is 0 Å². The maximum absolute atomic E-state index is 6.26. The first-order chi connectivity index (χ1) is 17.0. The molecule has 0 bridgehead atoms. The zero-order chi connectivity index (χ0) is 24.4. The molecule has 172 valence electrons. The van der Waals surface area contributed by atoms with Gasteiger partial charge in [-0.1, -0.05) is 109 Å². The molecule has 0 aliphatic rings. The van der Waals surface area contributed by atoms with Crippen molar-refractivity contribution in [3.8, 4) is 11.1 Å². The molecular formula is C33H30N2. The lowest BCUT2D eigenvalue weighted by Crippen LogP contribution is -2.31. The third kappa shape index (κ3) is 3.98. The largest absolute Gasteiger partial charge is 0.399 e. The Hall–Kier alpha value is -4.30. The Morgan fingerprint density at radius 3 is 1.31 bits per heavy atom. The molecular weight excluding hydrogens is 424 g/mol. The lowest BCUT2D eigenvalue weighted by molar-refractivity contribution is 0.743. The van der Waals surface area contributed by atoms with E-state index in [0.717, 1.165) is 22.5 Å². The molecule has 0 spiro atoms. The molecule has 0 saturated heterocycles. The van der Waals surface area contributed by atoms with Gasteiger partial charge in [-0.05, 0) is 70.5 Å². The molecule has 0 radical (unpaired) electrons. The van der Waals surface area contributed by atoms with Crippen molar-refractivity contribution >= 4 is 11.4 Å². The van der Waals surface area contributed by atoms with Gasteiger partial charge in [0.05, 0.1) is 5.41 Å². The number of benzene rings is 5. The quantitative estimate of drug-likeness (QED) is 0.213. The van der Waals surface area contributed by atoms with Gasteiger partial charge in [0.2, 0.25) is 0 Å². The van der Waals surface area contributed by atoms with Crippen LogP contribution in [0.2, 0.25) is 0 Å². The highest BCUT2D eigenvalue weighted by Crippen LogP contribution is 2.46. The van der Waals surface area contributed by atoms with Gasteiger partial charge in [0, 0.05) is 11.4 Å². The van der Waals surface area contributed by atoms with Crippen molar-refractivity contribution in [2.75, 3.05) is 11.5 Å². The number of anilines is 2. The molecule has 0 fully saturated rings. The SMILES string of the molecule is Cc1cc(C(c2ccccc2)(c2ccc(-c3ccccc3)cc2)c2ccc(N)c(C)c2)ccc1N. The van der Waals surface area contributed by atoms with Gasteiger partial charge < -0.3 is 11.5 Å². The van der Waals surface area contributed by atoms with Gasteiger partial charge in [-0.2, -0.15) is 0 Å². The average molecular weight is 455 g/mol. The summed E-state index contributed by atoms with van der Waals surface area (Å²) in [6, 6.07) is 42.9. The van der Waals surface area contributed by atoms with Crippen LogP contribution in [-0.2, 0) is 5.41 Å². The van der Waals surface area contributed by atoms with E-state index in [9.17, 15) is 0 Å². The minimum Gasteiger partial charge on any atom is -0.399 e. The Labute approximate surface area is 207 Å². The minimum absolute atomic E-state index is 0.534. The molecule has 0 amide bonds. The molecule has 0 aromatic heterocycles. The molecule has 2 nitrogen and oxygen atoms in total. The number of nitrogens with two attached hydrogens (primary N) is 2. The summed E-state index contributed by atoms with van der Waals surface area (Å²) in [5, 5.41) is 0. The standard InChI is InChI=1S/C33H30N2/c1-23-21-29(17-19-31(23)34)33(27-11-7-4-8-12-27,30-18-20-32(35)24(2)22-30)28-15-13-26(14-16-28)25-9-5-3-6-10-25/h3-22H,34-35H2,1-2H3. The highest BCUT2D eigenvalue weighted by molar-refractivity contribution is 5.68. The fraction of sp³-hybridized carbons (Fsp3) is 0.0909. The highest BCUT2D eigenvalue weighted by atomic mass is 14.6. The van der Waals surface area contributed by atoms with E-state index in [2.05, 4.69) is 117 Å². The van der Waals surface area contributed by atoms with Crippen LogP contribution in [-0.4, -0.2) is 0 Å². The predicted octanol–water partition coefficient (Wildman–Crippen LogP) is 7.52. The Bertz CT molecular complexity index is 1400. The number of aryl methyl sites for hydroxylation is 2. The Morgan fingerprint density at radius 2 is 0.829 bits per heavy atom. The van der Waals surface area contributed by atoms with E-state index in [-0.39, 0.29) is 0 Å². The fourth-order valence-corrected chi connectivity index (χ4v) is 5.05. The number of rotatable bonds is 5. The first-order valence-corrected chi connectivity index (χ1v) is 11.9. The first-order valence-electron chi connectivity index (χ1n) is 11.9. The predicted molar refractivity (Wildman–Crippen MR) is 148 cm³/mol. The van der Waals surface area contributed by atoms with E-state index in [1.807, 2.05) is 18.2 Å². The van der Waals surface area contributed by atoms with Crippen LogP contribution in [0.4, 0.5) is 11.4 Å². The summed E-state index contributed by atoms with van der Waals surface area (Å²) in [6.45, 7) is 4.14. The maximum atomic E-state index is 6.26. The number of hydrogen-bond donors (Lipinski definition) is 2. The summed E-state index contributed by atoms with van der Waals surface area (Å²) in [5.41, 5.74) is 22.8. The van der Waals surface area contributed by atoms with Crippen LogP contribution in [0, 0.1) is 13.8 Å². The normalized spacial score (nSPS) is 11.4.